The summed E-state index contributed by atoms with van der Waals surface area (Å²) < 4.78 is 5.54. The Morgan fingerprint density at radius 3 is 2.67 bits per heavy atom. The van der Waals surface area contributed by atoms with Gasteiger partial charge in [-0.15, -0.1) is 0 Å². The van der Waals surface area contributed by atoms with E-state index in [1.165, 1.54) is 0 Å². The summed E-state index contributed by atoms with van der Waals surface area (Å²) in [6.45, 7) is 1.71. The number of para-hydroxylation sites is 1. The third kappa shape index (κ3) is 3.23. The summed E-state index contributed by atoms with van der Waals surface area (Å²) in [5.74, 6) is 0.967. The number of hydrogen-bond acceptors (Lipinski definition) is 3. The van der Waals surface area contributed by atoms with Crippen LogP contribution in [-0.4, -0.2) is 25.6 Å². The molecule has 1 aliphatic carbocycles. The van der Waals surface area contributed by atoms with E-state index in [1.807, 2.05) is 30.3 Å². The van der Waals surface area contributed by atoms with Crippen molar-refractivity contribution in [3.8, 4) is 5.75 Å². The van der Waals surface area contributed by atoms with E-state index in [0.717, 1.165) is 25.0 Å². The van der Waals surface area contributed by atoms with E-state index in [1.54, 1.807) is 0 Å². The molecule has 0 bridgehead atoms. The third-order valence-electron chi connectivity index (χ3n) is 3.34. The molecule has 0 aliphatic heterocycles. The van der Waals surface area contributed by atoms with Crippen LogP contribution in [0, 0.1) is 5.41 Å². The summed E-state index contributed by atoms with van der Waals surface area (Å²) in [6, 6.07) is 9.68. The van der Waals surface area contributed by atoms with Crippen LogP contribution in [-0.2, 0) is 4.79 Å². The number of hydrogen-bond donors (Lipinski definition) is 2. The van der Waals surface area contributed by atoms with Gasteiger partial charge in [-0.1, -0.05) is 18.2 Å². The minimum Gasteiger partial charge on any atom is -0.494 e. The molecule has 4 heteroatoms. The van der Waals surface area contributed by atoms with Gasteiger partial charge < -0.3 is 15.8 Å². The summed E-state index contributed by atoms with van der Waals surface area (Å²) >= 11 is 0. The van der Waals surface area contributed by atoms with Crippen LogP contribution in [0.15, 0.2) is 30.3 Å². The Hall–Kier alpha value is -1.55. The molecule has 1 amide bonds. The van der Waals surface area contributed by atoms with Gasteiger partial charge in [0.25, 0.3) is 0 Å². The van der Waals surface area contributed by atoms with Gasteiger partial charge in [0.05, 0.1) is 12.0 Å². The maximum Gasteiger partial charge on any atom is 0.227 e. The molecular weight excluding hydrogens is 228 g/mol. The van der Waals surface area contributed by atoms with Crippen molar-refractivity contribution in [2.45, 2.75) is 19.3 Å². The molecule has 18 heavy (non-hydrogen) atoms. The minimum absolute atomic E-state index is 0.102. The van der Waals surface area contributed by atoms with Crippen LogP contribution < -0.4 is 15.8 Å². The topological polar surface area (TPSA) is 64.4 Å². The molecule has 1 aromatic rings. The highest BCUT2D eigenvalue weighted by atomic mass is 16.5. The van der Waals surface area contributed by atoms with Gasteiger partial charge in [0.2, 0.25) is 5.91 Å². The molecule has 1 fully saturated rings. The van der Waals surface area contributed by atoms with Crippen molar-refractivity contribution < 1.29 is 9.53 Å². The molecule has 0 saturated heterocycles. The van der Waals surface area contributed by atoms with Crippen LogP contribution in [0.25, 0.3) is 0 Å². The smallest absolute Gasteiger partial charge is 0.227 e. The van der Waals surface area contributed by atoms with Crippen molar-refractivity contribution in [3.63, 3.8) is 0 Å². The van der Waals surface area contributed by atoms with Crippen LogP contribution in [0.4, 0.5) is 0 Å². The van der Waals surface area contributed by atoms with Gasteiger partial charge in [0.1, 0.15) is 5.75 Å². The highest BCUT2D eigenvalue weighted by Crippen LogP contribution is 2.44. The molecule has 0 aromatic heterocycles. The summed E-state index contributed by atoms with van der Waals surface area (Å²) in [6.07, 6.45) is 2.66. The average Bonchev–Trinajstić information content (AvgIpc) is 3.20. The van der Waals surface area contributed by atoms with E-state index in [2.05, 4.69) is 5.32 Å². The van der Waals surface area contributed by atoms with E-state index >= 15 is 0 Å². The van der Waals surface area contributed by atoms with Crippen molar-refractivity contribution in [1.82, 2.24) is 5.32 Å². The van der Waals surface area contributed by atoms with Crippen molar-refractivity contribution in [2.75, 3.05) is 19.7 Å². The monoisotopic (exact) mass is 248 g/mol. The van der Waals surface area contributed by atoms with Crippen LogP contribution in [0.2, 0.25) is 0 Å². The second kappa shape index (κ2) is 5.87. The zero-order chi connectivity index (χ0) is 12.8. The van der Waals surface area contributed by atoms with Crippen molar-refractivity contribution in [3.05, 3.63) is 30.3 Å². The molecule has 0 heterocycles. The first-order valence-electron chi connectivity index (χ1n) is 6.43. The molecule has 1 saturated carbocycles. The Balaban J connectivity index is 1.58. The first-order chi connectivity index (χ1) is 8.77. The standard InChI is InChI=1S/C14H20N2O2/c15-11-14(7-8-14)13(17)16-9-4-10-18-12-5-2-1-3-6-12/h1-3,5-6H,4,7-11,15H2,(H,16,17). The molecule has 1 aromatic carbocycles. The second-order valence-corrected chi connectivity index (χ2v) is 4.76. The maximum atomic E-state index is 11.8. The normalized spacial score (nSPS) is 16.1. The Labute approximate surface area is 108 Å². The van der Waals surface area contributed by atoms with Gasteiger partial charge in [0, 0.05) is 13.1 Å². The number of carbonyl (C=O) groups is 1. The molecule has 0 radical (unpaired) electrons. The van der Waals surface area contributed by atoms with Crippen molar-refractivity contribution in [2.24, 2.45) is 11.1 Å². The zero-order valence-electron chi connectivity index (χ0n) is 10.5. The fourth-order valence-electron chi connectivity index (χ4n) is 1.84. The second-order valence-electron chi connectivity index (χ2n) is 4.76. The number of amides is 1. The number of nitrogens with two attached hydrogens (primary N) is 1. The first-order valence-corrected chi connectivity index (χ1v) is 6.43. The van der Waals surface area contributed by atoms with Crippen LogP contribution in [0.5, 0.6) is 5.75 Å². The number of benzene rings is 1. The zero-order valence-corrected chi connectivity index (χ0v) is 10.5. The van der Waals surface area contributed by atoms with Gasteiger partial charge in [-0.2, -0.15) is 0 Å². The van der Waals surface area contributed by atoms with Crippen LogP contribution >= 0.6 is 0 Å². The van der Waals surface area contributed by atoms with E-state index in [-0.39, 0.29) is 11.3 Å². The fourth-order valence-corrected chi connectivity index (χ4v) is 1.84. The lowest BCUT2D eigenvalue weighted by atomic mass is 10.1. The summed E-state index contributed by atoms with van der Waals surface area (Å²) in [7, 11) is 0. The highest BCUT2D eigenvalue weighted by Gasteiger charge is 2.48. The Morgan fingerprint density at radius 2 is 2.06 bits per heavy atom. The van der Waals surface area contributed by atoms with Crippen LogP contribution in [0.1, 0.15) is 19.3 Å². The molecule has 0 atom stereocenters. The Bertz CT molecular complexity index is 388. The predicted molar refractivity (Wildman–Crippen MR) is 70.3 cm³/mol. The molecule has 4 nitrogen and oxygen atoms in total. The number of rotatable bonds is 7. The fraction of sp³-hybridized carbons (Fsp3) is 0.500. The summed E-state index contributed by atoms with van der Waals surface area (Å²) in [5.41, 5.74) is 5.34. The lowest BCUT2D eigenvalue weighted by molar-refractivity contribution is -0.125. The molecular formula is C14H20N2O2. The van der Waals surface area contributed by atoms with Gasteiger partial charge in [-0.25, -0.2) is 0 Å². The third-order valence-corrected chi connectivity index (χ3v) is 3.34. The molecule has 2 rings (SSSR count). The van der Waals surface area contributed by atoms with Crippen molar-refractivity contribution in [1.29, 1.82) is 0 Å². The van der Waals surface area contributed by atoms with E-state index in [4.69, 9.17) is 10.5 Å². The van der Waals surface area contributed by atoms with Gasteiger partial charge >= 0.3 is 0 Å². The maximum absolute atomic E-state index is 11.8. The molecule has 0 spiro atoms. The quantitative estimate of drug-likeness (QED) is 0.715. The number of nitrogens with one attached hydrogen (secondary N) is 1. The summed E-state index contributed by atoms with van der Waals surface area (Å²) in [5, 5.41) is 2.92. The average molecular weight is 248 g/mol. The number of ether oxygens (including phenoxy) is 1. The van der Waals surface area contributed by atoms with E-state index < -0.39 is 0 Å². The minimum atomic E-state index is -0.250. The molecule has 98 valence electrons. The number of carbonyl (C=O) groups excluding carboxylic acids is 1. The predicted octanol–water partition coefficient (Wildman–Crippen LogP) is 1.31. The molecule has 3 N–H and O–H groups in total. The van der Waals surface area contributed by atoms with Crippen LogP contribution in [0.3, 0.4) is 0 Å². The Morgan fingerprint density at radius 1 is 1.33 bits per heavy atom. The van der Waals surface area contributed by atoms with Crippen molar-refractivity contribution >= 4 is 5.91 Å². The highest BCUT2D eigenvalue weighted by molar-refractivity contribution is 5.85. The SMILES string of the molecule is NCC1(C(=O)NCCCOc2ccccc2)CC1. The molecule has 1 aliphatic rings. The van der Waals surface area contributed by atoms with Gasteiger partial charge in [-0.05, 0) is 31.4 Å². The summed E-state index contributed by atoms with van der Waals surface area (Å²) in [4.78, 5) is 11.8. The lowest BCUT2D eigenvalue weighted by Crippen LogP contribution is -2.37. The van der Waals surface area contributed by atoms with E-state index in [0.29, 0.717) is 19.7 Å². The molecule has 0 unspecified atom stereocenters. The lowest BCUT2D eigenvalue weighted by Gasteiger charge is -2.12. The largest absolute Gasteiger partial charge is 0.494 e. The Kier molecular flexibility index (Phi) is 4.20. The van der Waals surface area contributed by atoms with Gasteiger partial charge in [-0.3, -0.25) is 4.79 Å². The first kappa shape index (κ1) is 12.9. The van der Waals surface area contributed by atoms with E-state index in [9.17, 15) is 4.79 Å². The van der Waals surface area contributed by atoms with Gasteiger partial charge in [0.15, 0.2) is 0 Å².